The fraction of sp³-hybridized carbons (Fsp3) is 0.130. The summed E-state index contributed by atoms with van der Waals surface area (Å²) in [6.45, 7) is 2.50. The van der Waals surface area contributed by atoms with Crippen LogP contribution in [0, 0.1) is 5.82 Å². The van der Waals surface area contributed by atoms with E-state index in [1.165, 1.54) is 12.1 Å². The lowest BCUT2D eigenvalue weighted by atomic mass is 10.0. The van der Waals surface area contributed by atoms with Crippen molar-refractivity contribution in [2.45, 2.75) is 19.9 Å². The molecule has 3 heterocycles. The molecule has 0 aliphatic rings. The molecule has 4 aromatic rings. The van der Waals surface area contributed by atoms with Gasteiger partial charge < -0.3 is 5.32 Å². The number of aromatic nitrogens is 4. The highest BCUT2D eigenvalue weighted by Gasteiger charge is 2.22. The number of aryl methyl sites for hydroxylation is 1. The Kier molecular flexibility index (Phi) is 5.61. The Labute approximate surface area is 173 Å². The molecule has 3 aromatic heterocycles. The Bertz CT molecular complexity index is 1140. The number of pyridine rings is 2. The fourth-order valence-corrected chi connectivity index (χ4v) is 3.26. The molecule has 150 valence electrons. The lowest BCUT2D eigenvalue weighted by Gasteiger charge is -2.10. The van der Waals surface area contributed by atoms with E-state index in [-0.39, 0.29) is 18.1 Å². The molecule has 0 aliphatic carbocycles. The Hall–Kier alpha value is -3.87. The number of anilines is 1. The molecule has 1 N–H and O–H groups in total. The molecule has 0 fully saturated rings. The first-order valence-electron chi connectivity index (χ1n) is 9.62. The second kappa shape index (κ2) is 8.65. The van der Waals surface area contributed by atoms with E-state index in [2.05, 4.69) is 15.3 Å². The van der Waals surface area contributed by atoms with Gasteiger partial charge in [-0.2, -0.15) is 5.10 Å². The van der Waals surface area contributed by atoms with E-state index in [0.29, 0.717) is 23.8 Å². The van der Waals surface area contributed by atoms with E-state index >= 15 is 0 Å². The molecule has 4 rings (SSSR count). The Morgan fingerprint density at radius 3 is 2.43 bits per heavy atom. The number of carbonyl (C=O) groups excluding carboxylic acids is 1. The minimum atomic E-state index is -0.317. The number of carbonyl (C=O) groups is 1. The van der Waals surface area contributed by atoms with E-state index in [4.69, 9.17) is 5.10 Å². The van der Waals surface area contributed by atoms with Crippen molar-refractivity contribution in [3.63, 3.8) is 0 Å². The van der Waals surface area contributed by atoms with Gasteiger partial charge in [0, 0.05) is 36.4 Å². The zero-order valence-electron chi connectivity index (χ0n) is 16.4. The number of benzene rings is 1. The summed E-state index contributed by atoms with van der Waals surface area (Å²) < 4.78 is 15.2. The zero-order valence-corrected chi connectivity index (χ0v) is 16.4. The molecule has 6 nitrogen and oxygen atoms in total. The van der Waals surface area contributed by atoms with Crippen LogP contribution in [0.5, 0.6) is 0 Å². The van der Waals surface area contributed by atoms with Gasteiger partial charge in [0.25, 0.3) is 0 Å². The Morgan fingerprint density at radius 1 is 1.00 bits per heavy atom. The van der Waals surface area contributed by atoms with E-state index in [1.807, 2.05) is 37.3 Å². The predicted molar refractivity (Wildman–Crippen MR) is 113 cm³/mol. The van der Waals surface area contributed by atoms with Gasteiger partial charge in [-0.1, -0.05) is 6.07 Å². The largest absolute Gasteiger partial charge is 0.310 e. The molecule has 1 amide bonds. The van der Waals surface area contributed by atoms with Crippen molar-refractivity contribution >= 4 is 11.7 Å². The van der Waals surface area contributed by atoms with E-state index < -0.39 is 0 Å². The maximum atomic E-state index is 13.5. The molecule has 0 saturated heterocycles. The first-order valence-corrected chi connectivity index (χ1v) is 9.62. The number of nitrogens with one attached hydrogen (secondary N) is 1. The Morgan fingerprint density at radius 2 is 1.77 bits per heavy atom. The average Bonchev–Trinajstić information content (AvgIpc) is 3.13. The number of halogens is 1. The molecule has 0 saturated carbocycles. The summed E-state index contributed by atoms with van der Waals surface area (Å²) in [6, 6.07) is 15.3. The Balaban J connectivity index is 1.78. The standard InChI is InChI=1S/C23H20FN5O/c1-2-29-23(27-20(30)15-19-5-3-4-12-26-19)21(16-10-13-25-14-11-16)22(28-29)17-6-8-18(24)9-7-17/h3-14H,2,15H2,1H3,(H,27,30). The van der Waals surface area contributed by atoms with Crippen molar-refractivity contribution in [1.29, 1.82) is 0 Å². The first kappa shape index (κ1) is 19.4. The van der Waals surface area contributed by atoms with Gasteiger partial charge in [0.05, 0.1) is 12.0 Å². The topological polar surface area (TPSA) is 72.7 Å². The van der Waals surface area contributed by atoms with Gasteiger partial charge in [0.1, 0.15) is 17.3 Å². The van der Waals surface area contributed by atoms with Crippen molar-refractivity contribution in [3.8, 4) is 22.4 Å². The molecular weight excluding hydrogens is 381 g/mol. The summed E-state index contributed by atoms with van der Waals surface area (Å²) in [5, 5.41) is 7.71. The van der Waals surface area contributed by atoms with Crippen molar-refractivity contribution in [2.24, 2.45) is 0 Å². The molecule has 0 radical (unpaired) electrons. The lowest BCUT2D eigenvalue weighted by Crippen LogP contribution is -2.18. The molecule has 0 spiro atoms. The van der Waals surface area contributed by atoms with Gasteiger partial charge in [-0.25, -0.2) is 9.07 Å². The van der Waals surface area contributed by atoms with Gasteiger partial charge in [-0.05, 0) is 61.0 Å². The normalized spacial score (nSPS) is 10.7. The summed E-state index contributed by atoms with van der Waals surface area (Å²) in [5.41, 5.74) is 3.73. The minimum Gasteiger partial charge on any atom is -0.310 e. The summed E-state index contributed by atoms with van der Waals surface area (Å²) in [6.07, 6.45) is 5.18. The monoisotopic (exact) mass is 401 g/mol. The molecule has 0 atom stereocenters. The third-order valence-electron chi connectivity index (χ3n) is 4.66. The molecular formula is C23H20FN5O. The summed E-state index contributed by atoms with van der Waals surface area (Å²) in [5.74, 6) is 0.0799. The van der Waals surface area contributed by atoms with Crippen LogP contribution in [0.15, 0.2) is 73.2 Å². The quantitative estimate of drug-likeness (QED) is 0.521. The highest BCUT2D eigenvalue weighted by atomic mass is 19.1. The summed E-state index contributed by atoms with van der Waals surface area (Å²) in [4.78, 5) is 21.1. The van der Waals surface area contributed by atoms with Crippen molar-refractivity contribution in [2.75, 3.05) is 5.32 Å². The van der Waals surface area contributed by atoms with E-state index in [0.717, 1.165) is 16.7 Å². The molecule has 30 heavy (non-hydrogen) atoms. The van der Waals surface area contributed by atoms with Crippen LogP contribution < -0.4 is 5.32 Å². The van der Waals surface area contributed by atoms with Crippen LogP contribution in [0.25, 0.3) is 22.4 Å². The summed E-state index contributed by atoms with van der Waals surface area (Å²) in [7, 11) is 0. The molecule has 0 unspecified atom stereocenters. The third-order valence-corrected chi connectivity index (χ3v) is 4.66. The average molecular weight is 401 g/mol. The fourth-order valence-electron chi connectivity index (χ4n) is 3.26. The second-order valence-electron chi connectivity index (χ2n) is 6.68. The van der Waals surface area contributed by atoms with Crippen LogP contribution in [0.1, 0.15) is 12.6 Å². The highest BCUT2D eigenvalue weighted by molar-refractivity contribution is 5.98. The van der Waals surface area contributed by atoms with Crippen LogP contribution in [0.3, 0.4) is 0 Å². The number of hydrogen-bond acceptors (Lipinski definition) is 4. The van der Waals surface area contributed by atoms with Crippen LogP contribution >= 0.6 is 0 Å². The van der Waals surface area contributed by atoms with Crippen molar-refractivity contribution in [1.82, 2.24) is 19.7 Å². The van der Waals surface area contributed by atoms with Crippen LogP contribution in [-0.2, 0) is 17.8 Å². The van der Waals surface area contributed by atoms with Gasteiger partial charge >= 0.3 is 0 Å². The second-order valence-corrected chi connectivity index (χ2v) is 6.68. The maximum absolute atomic E-state index is 13.5. The van der Waals surface area contributed by atoms with Gasteiger partial charge in [0.2, 0.25) is 5.91 Å². The SMILES string of the molecule is CCn1nc(-c2ccc(F)cc2)c(-c2ccncc2)c1NC(=O)Cc1ccccn1. The third kappa shape index (κ3) is 4.10. The minimum absolute atomic E-state index is 0.150. The van der Waals surface area contributed by atoms with E-state index in [9.17, 15) is 9.18 Å². The number of nitrogens with zero attached hydrogens (tertiary/aromatic N) is 4. The van der Waals surface area contributed by atoms with Gasteiger partial charge in [-0.15, -0.1) is 0 Å². The lowest BCUT2D eigenvalue weighted by molar-refractivity contribution is -0.115. The molecule has 7 heteroatoms. The number of rotatable bonds is 6. The van der Waals surface area contributed by atoms with Crippen LogP contribution in [0.2, 0.25) is 0 Å². The number of amides is 1. The maximum Gasteiger partial charge on any atom is 0.231 e. The number of hydrogen-bond donors (Lipinski definition) is 1. The van der Waals surface area contributed by atoms with Gasteiger partial charge in [-0.3, -0.25) is 14.8 Å². The highest BCUT2D eigenvalue weighted by Crippen LogP contribution is 2.37. The summed E-state index contributed by atoms with van der Waals surface area (Å²) >= 11 is 0. The predicted octanol–water partition coefficient (Wildman–Crippen LogP) is 4.35. The smallest absolute Gasteiger partial charge is 0.231 e. The van der Waals surface area contributed by atoms with E-state index in [1.54, 1.807) is 35.4 Å². The zero-order chi connectivity index (χ0) is 20.9. The van der Waals surface area contributed by atoms with Gasteiger partial charge in [0.15, 0.2) is 0 Å². The molecule has 0 bridgehead atoms. The molecule has 0 aliphatic heterocycles. The van der Waals surface area contributed by atoms with Crippen molar-refractivity contribution in [3.05, 3.63) is 84.7 Å². The molecule has 1 aromatic carbocycles. The van der Waals surface area contributed by atoms with Crippen LogP contribution in [-0.4, -0.2) is 25.7 Å². The van der Waals surface area contributed by atoms with Crippen molar-refractivity contribution < 1.29 is 9.18 Å². The first-order chi connectivity index (χ1) is 14.7. The van der Waals surface area contributed by atoms with Crippen LogP contribution in [0.4, 0.5) is 10.2 Å².